The van der Waals surface area contributed by atoms with E-state index in [1.54, 1.807) is 0 Å². The molecule has 0 saturated carbocycles. The fraction of sp³-hybridized carbons (Fsp3) is 0.0732. The lowest BCUT2D eigenvalue weighted by atomic mass is 9.68. The molecule has 0 atom stereocenters. The van der Waals surface area contributed by atoms with E-state index < -0.39 is 0 Å². The molecule has 1 aliphatic rings. The summed E-state index contributed by atoms with van der Waals surface area (Å²) in [6, 6.07) is 47.9. The summed E-state index contributed by atoms with van der Waals surface area (Å²) in [6.45, 7) is 4.76. The Kier molecular flexibility index (Phi) is 4.46. The maximum Gasteiger partial charge on any atom is 0.0626 e. The van der Waals surface area contributed by atoms with Gasteiger partial charge in [-0.15, -0.1) is 11.3 Å². The van der Waals surface area contributed by atoms with Gasteiger partial charge in [-0.05, 0) is 80.7 Å². The molecule has 0 radical (unpaired) electrons. The van der Waals surface area contributed by atoms with E-state index in [-0.39, 0.29) is 5.41 Å². The Balaban J connectivity index is 1.47. The molecular formula is C41H27NS. The number of hydrogen-bond donors (Lipinski definition) is 0. The molecular weight excluding hydrogens is 539 g/mol. The minimum Gasteiger partial charge on any atom is -0.309 e. The van der Waals surface area contributed by atoms with Crippen molar-refractivity contribution in [1.29, 1.82) is 0 Å². The zero-order chi connectivity index (χ0) is 28.4. The van der Waals surface area contributed by atoms with Gasteiger partial charge in [0.2, 0.25) is 0 Å². The molecule has 0 fully saturated rings. The van der Waals surface area contributed by atoms with Gasteiger partial charge in [-0.25, -0.2) is 0 Å². The molecule has 0 bridgehead atoms. The van der Waals surface area contributed by atoms with Crippen LogP contribution in [0.15, 0.2) is 127 Å². The summed E-state index contributed by atoms with van der Waals surface area (Å²) in [5, 5.41) is 10.5. The smallest absolute Gasteiger partial charge is 0.0626 e. The molecule has 1 aliphatic carbocycles. The van der Waals surface area contributed by atoms with Crippen LogP contribution in [0.5, 0.6) is 0 Å². The van der Waals surface area contributed by atoms with Crippen LogP contribution in [0.2, 0.25) is 0 Å². The van der Waals surface area contributed by atoms with Gasteiger partial charge in [-0.3, -0.25) is 0 Å². The molecule has 43 heavy (non-hydrogen) atoms. The van der Waals surface area contributed by atoms with Crippen molar-refractivity contribution in [1.82, 2.24) is 4.57 Å². The second kappa shape index (κ2) is 8.12. The predicted octanol–water partition coefficient (Wildman–Crippen LogP) is 11.8. The van der Waals surface area contributed by atoms with E-state index in [0.717, 1.165) is 0 Å². The summed E-state index contributed by atoms with van der Waals surface area (Å²) in [6.07, 6.45) is 0. The molecule has 7 aromatic carbocycles. The van der Waals surface area contributed by atoms with Crippen LogP contribution in [-0.2, 0) is 5.41 Å². The summed E-state index contributed by atoms with van der Waals surface area (Å²) >= 11 is 1.88. The van der Waals surface area contributed by atoms with Crippen LogP contribution in [0, 0.1) is 0 Å². The standard InChI is InChI=1S/C41H27NS/c1-41(2)33-15-7-5-14-29(33)39-38-26(12-9-16-34(38)41)21-32-30-20-24-10-3-4-11-25(24)22-35(30)42(40(32)39)27-18-19-37-31(23-27)28-13-6-8-17-36(28)43-37/h3-23H,1-2H3. The lowest BCUT2D eigenvalue weighted by Crippen LogP contribution is -2.23. The van der Waals surface area contributed by atoms with Gasteiger partial charge in [-0.2, -0.15) is 0 Å². The summed E-state index contributed by atoms with van der Waals surface area (Å²) in [7, 11) is 0. The number of rotatable bonds is 1. The first-order valence-electron chi connectivity index (χ1n) is 15.0. The highest BCUT2D eigenvalue weighted by molar-refractivity contribution is 7.25. The van der Waals surface area contributed by atoms with Gasteiger partial charge in [0, 0.05) is 47.6 Å². The van der Waals surface area contributed by atoms with Crippen LogP contribution < -0.4 is 0 Å². The van der Waals surface area contributed by atoms with E-state index in [4.69, 9.17) is 0 Å². The SMILES string of the molecule is CC1(C)c2ccccc2-c2c3c1cccc3cc1c3cc4ccccc4cc3n(-c3ccc4sc5ccccc5c4c3)c21. The van der Waals surface area contributed by atoms with Crippen LogP contribution in [0.4, 0.5) is 0 Å². The van der Waals surface area contributed by atoms with Crippen molar-refractivity contribution < 1.29 is 0 Å². The molecule has 0 amide bonds. The highest BCUT2D eigenvalue weighted by atomic mass is 32.1. The van der Waals surface area contributed by atoms with Crippen LogP contribution in [0.25, 0.3) is 80.3 Å². The third kappa shape index (κ3) is 3.01. The number of benzene rings is 7. The van der Waals surface area contributed by atoms with E-state index >= 15 is 0 Å². The molecule has 0 aliphatic heterocycles. The minimum absolute atomic E-state index is 0.0865. The Morgan fingerprint density at radius 1 is 0.535 bits per heavy atom. The second-order valence-electron chi connectivity index (χ2n) is 12.6. The van der Waals surface area contributed by atoms with Crippen molar-refractivity contribution in [2.24, 2.45) is 0 Å². The number of nitrogens with zero attached hydrogens (tertiary/aromatic N) is 1. The molecule has 0 N–H and O–H groups in total. The van der Waals surface area contributed by atoms with Gasteiger partial charge in [0.05, 0.1) is 11.0 Å². The van der Waals surface area contributed by atoms with Crippen molar-refractivity contribution in [3.63, 3.8) is 0 Å². The van der Waals surface area contributed by atoms with Crippen LogP contribution in [0.3, 0.4) is 0 Å². The Morgan fingerprint density at radius 3 is 2.14 bits per heavy atom. The van der Waals surface area contributed by atoms with E-state index in [2.05, 4.69) is 146 Å². The average molecular weight is 566 g/mol. The van der Waals surface area contributed by atoms with Gasteiger partial charge < -0.3 is 4.57 Å². The Labute approximate surface area is 253 Å². The lowest BCUT2D eigenvalue weighted by Gasteiger charge is -2.35. The van der Waals surface area contributed by atoms with Crippen molar-refractivity contribution in [2.45, 2.75) is 19.3 Å². The fourth-order valence-corrected chi connectivity index (χ4v) is 9.02. The van der Waals surface area contributed by atoms with Gasteiger partial charge >= 0.3 is 0 Å². The number of fused-ring (bicyclic) bond motifs is 10. The molecule has 2 heterocycles. The maximum atomic E-state index is 2.56. The molecule has 0 spiro atoms. The molecule has 0 unspecified atom stereocenters. The van der Waals surface area contributed by atoms with Gasteiger partial charge in [0.1, 0.15) is 0 Å². The van der Waals surface area contributed by atoms with Crippen LogP contribution >= 0.6 is 11.3 Å². The first-order valence-corrected chi connectivity index (χ1v) is 15.8. The van der Waals surface area contributed by atoms with Gasteiger partial charge in [0.15, 0.2) is 0 Å². The van der Waals surface area contributed by atoms with Crippen molar-refractivity contribution in [3.8, 4) is 16.8 Å². The largest absolute Gasteiger partial charge is 0.309 e. The van der Waals surface area contributed by atoms with Crippen molar-refractivity contribution in [2.75, 3.05) is 0 Å². The second-order valence-corrected chi connectivity index (χ2v) is 13.6. The van der Waals surface area contributed by atoms with Gasteiger partial charge in [-0.1, -0.05) is 98.8 Å². The van der Waals surface area contributed by atoms with Crippen molar-refractivity contribution in [3.05, 3.63) is 139 Å². The van der Waals surface area contributed by atoms with Crippen LogP contribution in [-0.4, -0.2) is 4.57 Å². The molecule has 9 aromatic rings. The van der Waals surface area contributed by atoms with E-state index in [9.17, 15) is 0 Å². The third-order valence-corrected chi connectivity index (χ3v) is 11.1. The normalized spacial score (nSPS) is 14.0. The molecule has 2 aromatic heterocycles. The van der Waals surface area contributed by atoms with E-state index in [1.807, 2.05) is 11.3 Å². The first-order chi connectivity index (χ1) is 21.1. The highest BCUT2D eigenvalue weighted by Gasteiger charge is 2.35. The van der Waals surface area contributed by atoms with Crippen LogP contribution in [0.1, 0.15) is 25.0 Å². The highest BCUT2D eigenvalue weighted by Crippen LogP contribution is 2.53. The van der Waals surface area contributed by atoms with E-state index in [0.29, 0.717) is 0 Å². The van der Waals surface area contributed by atoms with Crippen molar-refractivity contribution >= 4 is 74.9 Å². The zero-order valence-corrected chi connectivity index (χ0v) is 24.8. The first kappa shape index (κ1) is 23.6. The summed E-state index contributed by atoms with van der Waals surface area (Å²) in [4.78, 5) is 0. The summed E-state index contributed by atoms with van der Waals surface area (Å²) in [5.41, 5.74) is 9.17. The molecule has 1 nitrogen and oxygen atoms in total. The summed E-state index contributed by atoms with van der Waals surface area (Å²) in [5.74, 6) is 0. The fourth-order valence-electron chi connectivity index (χ4n) is 7.93. The predicted molar refractivity (Wildman–Crippen MR) is 186 cm³/mol. The molecule has 2 heteroatoms. The lowest BCUT2D eigenvalue weighted by molar-refractivity contribution is 0.645. The average Bonchev–Trinajstić information content (AvgIpc) is 3.56. The molecule has 202 valence electrons. The zero-order valence-electron chi connectivity index (χ0n) is 24.0. The monoisotopic (exact) mass is 565 g/mol. The number of thiophene rings is 1. The Bertz CT molecular complexity index is 2650. The quantitative estimate of drug-likeness (QED) is 0.187. The van der Waals surface area contributed by atoms with Gasteiger partial charge in [0.25, 0.3) is 0 Å². The number of aromatic nitrogens is 1. The third-order valence-electron chi connectivity index (χ3n) is 9.92. The minimum atomic E-state index is -0.0865. The molecule has 0 saturated heterocycles. The Hall–Kier alpha value is -4.92. The number of hydrogen-bond acceptors (Lipinski definition) is 1. The topological polar surface area (TPSA) is 4.93 Å². The van der Waals surface area contributed by atoms with E-state index in [1.165, 1.54) is 91.5 Å². The summed E-state index contributed by atoms with van der Waals surface area (Å²) < 4.78 is 5.23. The molecule has 10 rings (SSSR count). The Morgan fingerprint density at radius 2 is 1.23 bits per heavy atom. The maximum absolute atomic E-state index is 2.56.